The number of allylic oxidation sites excluding steroid dienone is 5. The smallest absolute Gasteiger partial charge is 0.0239 e. The summed E-state index contributed by atoms with van der Waals surface area (Å²) in [6, 6.07) is 0. The molecule has 0 aromatic heterocycles. The average Bonchev–Trinajstić information content (AvgIpc) is 1.90. The highest BCUT2D eigenvalue weighted by Crippen LogP contribution is 2.07. The molecule has 0 nitrogen and oxygen atoms in total. The predicted octanol–water partition coefficient (Wildman–Crippen LogP) is 2.86. The highest BCUT2D eigenvalue weighted by atomic mass is 13.9. The number of hydrogen-bond acceptors (Lipinski definition) is 0. The van der Waals surface area contributed by atoms with Gasteiger partial charge in [0, 0.05) is 0 Å². The Morgan fingerprint density at radius 1 is 1.22 bits per heavy atom. The first-order chi connectivity index (χ1) is 4.26. The van der Waals surface area contributed by atoms with Crippen LogP contribution in [-0.4, -0.2) is 0 Å². The molecule has 0 heteroatoms. The summed E-state index contributed by atoms with van der Waals surface area (Å²) in [7, 11) is 0. The fourth-order valence-electron chi connectivity index (χ4n) is 0.552. The molecule has 0 fully saturated rings. The Bertz CT molecular complexity index is 159. The Labute approximate surface area is 56.9 Å². The van der Waals surface area contributed by atoms with Crippen LogP contribution >= 0.6 is 0 Å². The molecule has 0 aliphatic carbocycles. The van der Waals surface area contributed by atoms with Crippen LogP contribution in [-0.2, 0) is 0 Å². The van der Waals surface area contributed by atoms with Crippen molar-refractivity contribution in [2.75, 3.05) is 0 Å². The van der Waals surface area contributed by atoms with Crippen LogP contribution in [0.15, 0.2) is 49.1 Å². The molecule has 9 heavy (non-hydrogen) atoms. The summed E-state index contributed by atoms with van der Waals surface area (Å²) in [5.74, 6) is 0. The van der Waals surface area contributed by atoms with Gasteiger partial charge in [0.15, 0.2) is 0 Å². The monoisotopic (exact) mass is 120 g/mol. The van der Waals surface area contributed by atoms with Crippen LogP contribution in [0.1, 0.15) is 6.92 Å². The first kappa shape index (κ1) is 7.96. The minimum absolute atomic E-state index is 0.924. The van der Waals surface area contributed by atoms with Crippen molar-refractivity contribution in [3.05, 3.63) is 49.1 Å². The quantitative estimate of drug-likeness (QED) is 0.502. The molecule has 48 valence electrons. The van der Waals surface area contributed by atoms with Gasteiger partial charge in [0.1, 0.15) is 0 Å². The lowest BCUT2D eigenvalue weighted by atomic mass is 10.1. The van der Waals surface area contributed by atoms with E-state index >= 15 is 0 Å². The topological polar surface area (TPSA) is 0 Å². The maximum atomic E-state index is 3.76. The molecule has 0 N–H and O–H groups in total. The van der Waals surface area contributed by atoms with Gasteiger partial charge in [0.25, 0.3) is 0 Å². The Balaban J connectivity index is 4.31. The molecule has 0 aromatic carbocycles. The van der Waals surface area contributed by atoms with Crippen molar-refractivity contribution in [1.82, 2.24) is 0 Å². The normalized spacial score (nSPS) is 10.6. The Morgan fingerprint density at radius 3 is 1.89 bits per heavy atom. The van der Waals surface area contributed by atoms with E-state index in [1.807, 2.05) is 13.0 Å². The molecular formula is C9H12. The van der Waals surface area contributed by atoms with Crippen LogP contribution in [0.3, 0.4) is 0 Å². The van der Waals surface area contributed by atoms with E-state index in [0.717, 1.165) is 11.1 Å². The van der Waals surface area contributed by atoms with E-state index in [9.17, 15) is 0 Å². The molecule has 0 aliphatic rings. The molecule has 0 unspecified atom stereocenters. The van der Waals surface area contributed by atoms with E-state index in [1.54, 1.807) is 12.2 Å². The van der Waals surface area contributed by atoms with Gasteiger partial charge in [-0.05, 0) is 18.1 Å². The van der Waals surface area contributed by atoms with Crippen LogP contribution in [0.2, 0.25) is 0 Å². The van der Waals surface area contributed by atoms with Crippen molar-refractivity contribution < 1.29 is 0 Å². The molecule has 0 amide bonds. The van der Waals surface area contributed by atoms with Crippen LogP contribution in [0.5, 0.6) is 0 Å². The molecule has 0 rings (SSSR count). The van der Waals surface area contributed by atoms with Crippen LogP contribution in [0.25, 0.3) is 0 Å². The Morgan fingerprint density at radius 2 is 1.78 bits per heavy atom. The molecule has 0 spiro atoms. The molecule has 0 saturated carbocycles. The highest BCUT2D eigenvalue weighted by Gasteiger charge is 1.88. The summed E-state index contributed by atoms with van der Waals surface area (Å²) >= 11 is 0. The van der Waals surface area contributed by atoms with Gasteiger partial charge in [-0.3, -0.25) is 0 Å². The Hall–Kier alpha value is -1.04. The molecule has 0 aromatic rings. The standard InChI is InChI=1S/C9H12/c1-5-8(4)9(6-2)7-3/h5-7H,1-2,4H2,3H3/b9-7+. The second kappa shape index (κ2) is 3.90. The van der Waals surface area contributed by atoms with E-state index in [4.69, 9.17) is 0 Å². The minimum Gasteiger partial charge on any atom is -0.0985 e. The lowest BCUT2D eigenvalue weighted by molar-refractivity contribution is 1.54. The first-order valence-corrected chi connectivity index (χ1v) is 2.86. The van der Waals surface area contributed by atoms with E-state index in [-0.39, 0.29) is 0 Å². The van der Waals surface area contributed by atoms with Gasteiger partial charge in [0.2, 0.25) is 0 Å². The summed E-state index contributed by atoms with van der Waals surface area (Å²) in [5.41, 5.74) is 1.97. The SMILES string of the molecule is C=CC(=C)/C(C=C)=C/C. The maximum absolute atomic E-state index is 3.76. The fourth-order valence-corrected chi connectivity index (χ4v) is 0.552. The van der Waals surface area contributed by atoms with Crippen LogP contribution < -0.4 is 0 Å². The van der Waals surface area contributed by atoms with Gasteiger partial charge in [0.05, 0.1) is 0 Å². The summed E-state index contributed by atoms with van der Waals surface area (Å²) in [6.07, 6.45) is 5.44. The third-order valence-electron chi connectivity index (χ3n) is 1.15. The largest absolute Gasteiger partial charge is 0.0985 e. The Kier molecular flexibility index (Phi) is 3.45. The van der Waals surface area contributed by atoms with Gasteiger partial charge >= 0.3 is 0 Å². The summed E-state index contributed by atoms with van der Waals surface area (Å²) in [6.45, 7) is 12.9. The zero-order valence-corrected chi connectivity index (χ0v) is 5.85. The van der Waals surface area contributed by atoms with E-state index in [1.165, 1.54) is 0 Å². The lowest BCUT2D eigenvalue weighted by Crippen LogP contribution is -1.76. The van der Waals surface area contributed by atoms with Gasteiger partial charge in [-0.2, -0.15) is 0 Å². The third kappa shape index (κ3) is 2.13. The molecule has 0 heterocycles. The zero-order chi connectivity index (χ0) is 7.28. The third-order valence-corrected chi connectivity index (χ3v) is 1.15. The van der Waals surface area contributed by atoms with Crippen LogP contribution in [0, 0.1) is 0 Å². The predicted molar refractivity (Wildman–Crippen MR) is 43.3 cm³/mol. The molecule has 0 atom stereocenters. The van der Waals surface area contributed by atoms with Gasteiger partial charge in [-0.25, -0.2) is 0 Å². The zero-order valence-electron chi connectivity index (χ0n) is 5.85. The van der Waals surface area contributed by atoms with E-state index in [0.29, 0.717) is 0 Å². The van der Waals surface area contributed by atoms with Crippen molar-refractivity contribution in [3.63, 3.8) is 0 Å². The number of rotatable bonds is 3. The van der Waals surface area contributed by atoms with E-state index in [2.05, 4.69) is 19.7 Å². The number of hydrogen-bond donors (Lipinski definition) is 0. The van der Waals surface area contributed by atoms with Crippen molar-refractivity contribution in [2.24, 2.45) is 0 Å². The van der Waals surface area contributed by atoms with Crippen molar-refractivity contribution in [3.8, 4) is 0 Å². The molecular weight excluding hydrogens is 108 g/mol. The van der Waals surface area contributed by atoms with Crippen molar-refractivity contribution in [1.29, 1.82) is 0 Å². The van der Waals surface area contributed by atoms with Crippen molar-refractivity contribution >= 4 is 0 Å². The molecule has 0 bridgehead atoms. The summed E-state index contributed by atoms with van der Waals surface area (Å²) in [4.78, 5) is 0. The second-order valence-corrected chi connectivity index (χ2v) is 1.68. The fraction of sp³-hybridized carbons (Fsp3) is 0.111. The minimum atomic E-state index is 0.924. The van der Waals surface area contributed by atoms with Gasteiger partial charge < -0.3 is 0 Å². The van der Waals surface area contributed by atoms with Gasteiger partial charge in [-0.1, -0.05) is 38.0 Å². The van der Waals surface area contributed by atoms with Gasteiger partial charge in [-0.15, -0.1) is 0 Å². The molecule has 0 aliphatic heterocycles. The average molecular weight is 120 g/mol. The molecule has 0 radical (unpaired) electrons. The second-order valence-electron chi connectivity index (χ2n) is 1.68. The molecule has 0 saturated heterocycles. The van der Waals surface area contributed by atoms with Crippen molar-refractivity contribution in [2.45, 2.75) is 6.92 Å². The maximum Gasteiger partial charge on any atom is -0.0239 e. The highest BCUT2D eigenvalue weighted by molar-refractivity contribution is 5.42. The lowest BCUT2D eigenvalue weighted by Gasteiger charge is -1.96. The summed E-state index contributed by atoms with van der Waals surface area (Å²) < 4.78 is 0. The van der Waals surface area contributed by atoms with E-state index < -0.39 is 0 Å². The summed E-state index contributed by atoms with van der Waals surface area (Å²) in [5, 5.41) is 0. The van der Waals surface area contributed by atoms with Crippen LogP contribution in [0.4, 0.5) is 0 Å². The first-order valence-electron chi connectivity index (χ1n) is 2.86.